The molecule has 1 aromatic heterocycles. The molecular weight excluding hydrogens is 228 g/mol. The van der Waals surface area contributed by atoms with E-state index in [1.807, 2.05) is 19.3 Å². The van der Waals surface area contributed by atoms with Crippen molar-refractivity contribution in [3.63, 3.8) is 0 Å². The molecule has 1 fully saturated rings. The van der Waals surface area contributed by atoms with Gasteiger partial charge in [0.2, 0.25) is 0 Å². The Morgan fingerprint density at radius 3 is 2.78 bits per heavy atom. The molecule has 0 amide bonds. The first-order valence-electron chi connectivity index (χ1n) is 6.58. The first kappa shape index (κ1) is 13.3. The molecule has 1 aliphatic rings. The summed E-state index contributed by atoms with van der Waals surface area (Å²) in [6, 6.07) is 1.94. The molecule has 1 aromatic rings. The highest BCUT2D eigenvalue weighted by molar-refractivity contribution is 5.30. The van der Waals surface area contributed by atoms with Gasteiger partial charge in [0.25, 0.3) is 0 Å². The van der Waals surface area contributed by atoms with Crippen LogP contribution in [-0.4, -0.2) is 30.3 Å². The Labute approximate surface area is 109 Å². The Morgan fingerprint density at radius 2 is 2.11 bits per heavy atom. The van der Waals surface area contributed by atoms with Crippen LogP contribution in [0.5, 0.6) is 5.75 Å². The lowest BCUT2D eigenvalue weighted by Crippen LogP contribution is -2.36. The van der Waals surface area contributed by atoms with E-state index in [9.17, 15) is 0 Å². The van der Waals surface area contributed by atoms with E-state index in [0.717, 1.165) is 30.7 Å². The maximum absolute atomic E-state index is 6.12. The topological polar surface area (TPSA) is 43.4 Å². The molecule has 0 radical (unpaired) electrons. The van der Waals surface area contributed by atoms with Crippen LogP contribution in [-0.2, 0) is 11.3 Å². The predicted molar refractivity (Wildman–Crippen MR) is 70.7 cm³/mol. The summed E-state index contributed by atoms with van der Waals surface area (Å²) in [6.07, 6.45) is 6.32. The second-order valence-corrected chi connectivity index (χ2v) is 4.98. The van der Waals surface area contributed by atoms with Gasteiger partial charge in [0.1, 0.15) is 11.9 Å². The van der Waals surface area contributed by atoms with Crippen LogP contribution in [0.3, 0.4) is 0 Å². The van der Waals surface area contributed by atoms with E-state index in [1.54, 1.807) is 6.20 Å². The molecule has 18 heavy (non-hydrogen) atoms. The van der Waals surface area contributed by atoms with Gasteiger partial charge in [0.15, 0.2) is 0 Å². The molecule has 2 unspecified atom stereocenters. The van der Waals surface area contributed by atoms with Crippen LogP contribution in [0.4, 0.5) is 0 Å². The third-order valence-corrected chi connectivity index (χ3v) is 3.17. The van der Waals surface area contributed by atoms with E-state index in [2.05, 4.69) is 24.1 Å². The van der Waals surface area contributed by atoms with Gasteiger partial charge >= 0.3 is 0 Å². The number of hydrogen-bond donors (Lipinski definition) is 1. The molecule has 1 aliphatic heterocycles. The molecule has 2 atom stereocenters. The van der Waals surface area contributed by atoms with Gasteiger partial charge < -0.3 is 14.8 Å². The summed E-state index contributed by atoms with van der Waals surface area (Å²) in [5.41, 5.74) is 1.10. The van der Waals surface area contributed by atoms with E-state index in [0.29, 0.717) is 0 Å². The van der Waals surface area contributed by atoms with E-state index < -0.39 is 0 Å². The van der Waals surface area contributed by atoms with Gasteiger partial charge in [-0.3, -0.25) is 4.98 Å². The summed E-state index contributed by atoms with van der Waals surface area (Å²) in [4.78, 5) is 4.14. The molecule has 0 aromatic carbocycles. The molecule has 4 nitrogen and oxygen atoms in total. The van der Waals surface area contributed by atoms with Crippen molar-refractivity contribution in [3.05, 3.63) is 24.0 Å². The molecular formula is C14H22N2O2. The quantitative estimate of drug-likeness (QED) is 0.889. The van der Waals surface area contributed by atoms with Gasteiger partial charge in [-0.2, -0.15) is 0 Å². The van der Waals surface area contributed by atoms with Gasteiger partial charge in [0, 0.05) is 37.3 Å². The normalized spacial score (nSPS) is 28.1. The number of nitrogens with zero attached hydrogens (tertiary/aromatic N) is 1. The Kier molecular flexibility index (Phi) is 4.55. The molecule has 0 saturated carbocycles. The molecule has 0 aliphatic carbocycles. The van der Waals surface area contributed by atoms with Crippen molar-refractivity contribution in [2.75, 3.05) is 7.05 Å². The van der Waals surface area contributed by atoms with Crippen molar-refractivity contribution in [2.45, 2.75) is 51.5 Å². The monoisotopic (exact) mass is 250 g/mol. The lowest BCUT2D eigenvalue weighted by atomic mass is 10.0. The minimum absolute atomic E-state index is 0.238. The first-order chi connectivity index (χ1) is 8.69. The fraction of sp³-hybridized carbons (Fsp3) is 0.643. The highest BCUT2D eigenvalue weighted by Crippen LogP contribution is 2.26. The minimum atomic E-state index is 0.238. The number of pyridine rings is 1. The summed E-state index contributed by atoms with van der Waals surface area (Å²) in [7, 11) is 1.93. The Morgan fingerprint density at radius 1 is 1.39 bits per heavy atom. The van der Waals surface area contributed by atoms with Gasteiger partial charge in [-0.1, -0.05) is 0 Å². The summed E-state index contributed by atoms with van der Waals surface area (Å²) in [5.74, 6) is 0.936. The molecule has 1 N–H and O–H groups in total. The lowest BCUT2D eigenvalue weighted by Gasteiger charge is -2.32. The number of ether oxygens (including phenoxy) is 2. The lowest BCUT2D eigenvalue weighted by molar-refractivity contribution is -0.0723. The Hall–Kier alpha value is -1.13. The van der Waals surface area contributed by atoms with Crippen molar-refractivity contribution in [1.82, 2.24) is 10.3 Å². The highest BCUT2D eigenvalue weighted by Gasteiger charge is 2.26. The fourth-order valence-electron chi connectivity index (χ4n) is 2.47. The minimum Gasteiger partial charge on any atom is -0.490 e. The fourth-order valence-corrected chi connectivity index (χ4v) is 2.47. The van der Waals surface area contributed by atoms with Crippen molar-refractivity contribution < 1.29 is 9.47 Å². The number of nitrogens with one attached hydrogen (secondary N) is 1. The first-order valence-corrected chi connectivity index (χ1v) is 6.58. The number of aromatic nitrogens is 1. The van der Waals surface area contributed by atoms with Gasteiger partial charge in [-0.25, -0.2) is 0 Å². The highest BCUT2D eigenvalue weighted by atomic mass is 16.5. The maximum atomic E-state index is 6.12. The summed E-state index contributed by atoms with van der Waals surface area (Å²) >= 11 is 0. The average Bonchev–Trinajstić information content (AvgIpc) is 2.30. The SMILES string of the molecule is CNCc1cnccc1OC1CC(C)OC(C)C1. The second kappa shape index (κ2) is 6.16. The molecule has 0 bridgehead atoms. The summed E-state index contributed by atoms with van der Waals surface area (Å²) < 4.78 is 11.8. The van der Waals surface area contributed by atoms with E-state index in [4.69, 9.17) is 9.47 Å². The van der Waals surface area contributed by atoms with Crippen molar-refractivity contribution >= 4 is 0 Å². The van der Waals surface area contributed by atoms with Crippen LogP contribution < -0.4 is 10.1 Å². The number of hydrogen-bond acceptors (Lipinski definition) is 4. The summed E-state index contributed by atoms with van der Waals surface area (Å²) in [6.45, 7) is 4.98. The molecule has 100 valence electrons. The van der Waals surface area contributed by atoms with Crippen molar-refractivity contribution in [1.29, 1.82) is 0 Å². The van der Waals surface area contributed by atoms with Crippen LogP contribution in [0.25, 0.3) is 0 Å². The zero-order valence-corrected chi connectivity index (χ0v) is 11.3. The van der Waals surface area contributed by atoms with Gasteiger partial charge in [0.05, 0.1) is 12.2 Å². The van der Waals surface area contributed by atoms with E-state index >= 15 is 0 Å². The van der Waals surface area contributed by atoms with Crippen LogP contribution in [0.2, 0.25) is 0 Å². The molecule has 1 saturated heterocycles. The van der Waals surface area contributed by atoms with Crippen LogP contribution >= 0.6 is 0 Å². The smallest absolute Gasteiger partial charge is 0.127 e. The van der Waals surface area contributed by atoms with Crippen LogP contribution in [0.1, 0.15) is 32.3 Å². The number of rotatable bonds is 4. The third-order valence-electron chi connectivity index (χ3n) is 3.17. The zero-order chi connectivity index (χ0) is 13.0. The standard InChI is InChI=1S/C14H22N2O2/c1-10-6-13(7-11(2)17-10)18-14-4-5-16-9-12(14)8-15-3/h4-5,9-11,13,15H,6-8H2,1-3H3. The van der Waals surface area contributed by atoms with Crippen molar-refractivity contribution in [2.24, 2.45) is 0 Å². The van der Waals surface area contributed by atoms with Gasteiger partial charge in [-0.05, 0) is 27.0 Å². The second-order valence-electron chi connectivity index (χ2n) is 4.98. The van der Waals surface area contributed by atoms with Crippen LogP contribution in [0.15, 0.2) is 18.5 Å². The molecule has 4 heteroatoms. The van der Waals surface area contributed by atoms with Crippen molar-refractivity contribution in [3.8, 4) is 5.75 Å². The Bertz CT molecular complexity index is 374. The molecule has 0 spiro atoms. The Balaban J connectivity index is 2.04. The van der Waals surface area contributed by atoms with Crippen LogP contribution in [0, 0.1) is 0 Å². The maximum Gasteiger partial charge on any atom is 0.127 e. The predicted octanol–water partition coefficient (Wildman–Crippen LogP) is 2.14. The largest absolute Gasteiger partial charge is 0.490 e. The average molecular weight is 250 g/mol. The zero-order valence-electron chi connectivity index (χ0n) is 11.3. The van der Waals surface area contributed by atoms with E-state index in [1.165, 1.54) is 0 Å². The van der Waals surface area contributed by atoms with E-state index in [-0.39, 0.29) is 18.3 Å². The third kappa shape index (κ3) is 3.43. The molecule has 2 heterocycles. The van der Waals surface area contributed by atoms with Gasteiger partial charge in [-0.15, -0.1) is 0 Å². The summed E-state index contributed by atoms with van der Waals surface area (Å²) in [5, 5.41) is 3.13. The molecule has 2 rings (SSSR count).